The van der Waals surface area contributed by atoms with Crippen LogP contribution in [0.5, 0.6) is 5.75 Å². The molecule has 0 saturated carbocycles. The average Bonchev–Trinajstić information content (AvgIpc) is 3.59. The molecule has 2 aromatic carbocycles. The molecule has 1 atom stereocenters. The van der Waals surface area contributed by atoms with Crippen LogP contribution in [0.1, 0.15) is 55.8 Å². The molecule has 40 heavy (non-hydrogen) atoms. The number of ketones is 1. The van der Waals surface area contributed by atoms with Crippen molar-refractivity contribution in [3.63, 3.8) is 0 Å². The third-order valence-electron chi connectivity index (χ3n) is 6.95. The Hall–Kier alpha value is -4.47. The number of fused-ring (bicyclic) bond motifs is 1. The number of aryl methyl sites for hydroxylation is 1. The van der Waals surface area contributed by atoms with Gasteiger partial charge in [0.1, 0.15) is 30.2 Å². The Labute approximate surface area is 233 Å². The molecule has 2 aromatic heterocycles. The van der Waals surface area contributed by atoms with Crippen molar-refractivity contribution in [2.45, 2.75) is 65.0 Å². The molecule has 0 aliphatic rings. The number of nitrogens with zero attached hydrogens (tertiary/aromatic N) is 3. The second kappa shape index (κ2) is 13.5. The fourth-order valence-electron chi connectivity index (χ4n) is 4.81. The van der Waals surface area contributed by atoms with Crippen LogP contribution in [-0.2, 0) is 27.3 Å². The van der Waals surface area contributed by atoms with Crippen molar-refractivity contribution in [1.29, 1.82) is 0 Å². The standard InChI is InChI=1S/C30H36N6O4/c1-20(37)9-5-4-6-11-27(30(39)32-17-22-10-7-8-12-28(22)36-19-31-18-33-36)35-29(38)16-24-21(2)34-26-14-13-23(40-3)15-25(24)26/h7-8,10,12-15,18-19,27,34H,4-6,9,11,16-17H2,1-3H3,(H,32,39)(H,35,38)/t27-/m0/s1. The van der Waals surface area contributed by atoms with E-state index in [1.54, 1.807) is 25.0 Å². The number of Topliss-reactive ketones (excluding diaryl/α,β-unsaturated/α-hetero) is 1. The number of aromatic amines is 1. The predicted molar refractivity (Wildman–Crippen MR) is 152 cm³/mol. The summed E-state index contributed by atoms with van der Waals surface area (Å²) in [6, 6.07) is 12.6. The third-order valence-corrected chi connectivity index (χ3v) is 6.95. The van der Waals surface area contributed by atoms with Gasteiger partial charge in [0.05, 0.1) is 19.2 Å². The highest BCUT2D eigenvalue weighted by Gasteiger charge is 2.22. The van der Waals surface area contributed by atoms with E-state index in [0.717, 1.165) is 46.3 Å². The van der Waals surface area contributed by atoms with E-state index in [1.807, 2.05) is 49.4 Å². The van der Waals surface area contributed by atoms with Crippen molar-refractivity contribution in [3.05, 3.63) is 71.9 Å². The Bertz CT molecular complexity index is 1460. The highest BCUT2D eigenvalue weighted by molar-refractivity contribution is 5.93. The summed E-state index contributed by atoms with van der Waals surface area (Å²) < 4.78 is 7.01. The number of carbonyl (C=O) groups excluding carboxylic acids is 3. The highest BCUT2D eigenvalue weighted by Crippen LogP contribution is 2.27. The van der Waals surface area contributed by atoms with Crippen LogP contribution >= 0.6 is 0 Å². The maximum atomic E-state index is 13.3. The number of amides is 2. The monoisotopic (exact) mass is 544 g/mol. The zero-order valence-corrected chi connectivity index (χ0v) is 23.2. The summed E-state index contributed by atoms with van der Waals surface area (Å²) in [7, 11) is 1.61. The van der Waals surface area contributed by atoms with Crippen LogP contribution in [0.2, 0.25) is 0 Å². The lowest BCUT2D eigenvalue weighted by molar-refractivity contribution is -0.129. The number of H-pyrrole nitrogens is 1. The Morgan fingerprint density at radius 1 is 1.10 bits per heavy atom. The molecule has 0 aliphatic heterocycles. The predicted octanol–water partition coefficient (Wildman–Crippen LogP) is 3.95. The van der Waals surface area contributed by atoms with Crippen molar-refractivity contribution in [3.8, 4) is 11.4 Å². The number of rotatable bonds is 14. The molecule has 210 valence electrons. The van der Waals surface area contributed by atoms with E-state index < -0.39 is 6.04 Å². The lowest BCUT2D eigenvalue weighted by atomic mass is 10.0. The maximum Gasteiger partial charge on any atom is 0.242 e. The molecule has 3 N–H and O–H groups in total. The normalized spacial score (nSPS) is 11.8. The van der Waals surface area contributed by atoms with Crippen LogP contribution in [0.15, 0.2) is 55.1 Å². The van der Waals surface area contributed by atoms with Gasteiger partial charge in [0, 0.05) is 29.6 Å². The largest absolute Gasteiger partial charge is 0.497 e. The maximum absolute atomic E-state index is 13.3. The van der Waals surface area contributed by atoms with E-state index >= 15 is 0 Å². The molecule has 0 fully saturated rings. The van der Waals surface area contributed by atoms with Gasteiger partial charge in [0.25, 0.3) is 0 Å². The quantitative estimate of drug-likeness (QED) is 0.206. The summed E-state index contributed by atoms with van der Waals surface area (Å²) in [5.41, 5.74) is 4.38. The summed E-state index contributed by atoms with van der Waals surface area (Å²) >= 11 is 0. The first-order valence-corrected chi connectivity index (χ1v) is 13.5. The van der Waals surface area contributed by atoms with Crippen molar-refractivity contribution in [2.75, 3.05) is 7.11 Å². The van der Waals surface area contributed by atoms with Gasteiger partial charge in [0.2, 0.25) is 11.8 Å². The van der Waals surface area contributed by atoms with Crippen molar-refractivity contribution >= 4 is 28.5 Å². The number of para-hydroxylation sites is 1. The molecule has 2 amide bonds. The molecule has 4 rings (SSSR count). The van der Waals surface area contributed by atoms with Crippen LogP contribution in [0.4, 0.5) is 0 Å². The molecule has 0 saturated heterocycles. The zero-order chi connectivity index (χ0) is 28.5. The van der Waals surface area contributed by atoms with Gasteiger partial charge in [-0.05, 0) is 62.1 Å². The second-order valence-corrected chi connectivity index (χ2v) is 9.92. The number of methoxy groups -OCH3 is 1. The van der Waals surface area contributed by atoms with Crippen LogP contribution in [0.25, 0.3) is 16.6 Å². The van der Waals surface area contributed by atoms with E-state index in [0.29, 0.717) is 25.0 Å². The molecule has 10 heteroatoms. The minimum atomic E-state index is -0.705. The smallest absolute Gasteiger partial charge is 0.242 e. The van der Waals surface area contributed by atoms with Crippen molar-refractivity contribution < 1.29 is 19.1 Å². The molecule has 0 aliphatic carbocycles. The summed E-state index contributed by atoms with van der Waals surface area (Å²) in [6.45, 7) is 3.78. The first kappa shape index (κ1) is 28.5. The van der Waals surface area contributed by atoms with E-state index in [9.17, 15) is 14.4 Å². The number of aromatic nitrogens is 4. The Balaban J connectivity index is 1.45. The SMILES string of the molecule is COc1ccc2[nH]c(C)c(CC(=O)N[C@@H](CCCCCC(C)=O)C(=O)NCc3ccccc3-n3cncn3)c2c1. The van der Waals surface area contributed by atoms with E-state index in [1.165, 1.54) is 6.33 Å². The molecule has 0 radical (unpaired) electrons. The van der Waals surface area contributed by atoms with Crippen molar-refractivity contribution in [2.24, 2.45) is 0 Å². The van der Waals surface area contributed by atoms with Gasteiger partial charge in [-0.3, -0.25) is 9.59 Å². The molecule has 0 unspecified atom stereocenters. The fraction of sp³-hybridized carbons (Fsp3) is 0.367. The first-order chi connectivity index (χ1) is 19.4. The number of carbonyl (C=O) groups is 3. The molecular formula is C30H36N6O4. The van der Waals surface area contributed by atoms with Crippen molar-refractivity contribution in [1.82, 2.24) is 30.4 Å². The average molecular weight is 545 g/mol. The van der Waals surface area contributed by atoms with Gasteiger partial charge in [-0.15, -0.1) is 0 Å². The minimum Gasteiger partial charge on any atom is -0.497 e. The van der Waals surface area contributed by atoms with Gasteiger partial charge < -0.3 is 25.1 Å². The molecule has 2 heterocycles. The van der Waals surface area contributed by atoms with Crippen LogP contribution in [0.3, 0.4) is 0 Å². The zero-order valence-electron chi connectivity index (χ0n) is 23.2. The highest BCUT2D eigenvalue weighted by atomic mass is 16.5. The summed E-state index contributed by atoms with van der Waals surface area (Å²) in [5, 5.41) is 11.1. The minimum absolute atomic E-state index is 0.127. The number of unbranched alkanes of at least 4 members (excludes halogenated alkanes) is 2. The second-order valence-electron chi connectivity index (χ2n) is 9.92. The van der Waals surface area contributed by atoms with E-state index in [4.69, 9.17) is 4.74 Å². The lowest BCUT2D eigenvalue weighted by Gasteiger charge is -2.19. The number of nitrogens with one attached hydrogen (secondary N) is 3. The van der Waals surface area contributed by atoms with Gasteiger partial charge in [-0.25, -0.2) is 9.67 Å². The first-order valence-electron chi connectivity index (χ1n) is 13.5. The van der Waals surface area contributed by atoms with Crippen LogP contribution < -0.4 is 15.4 Å². The van der Waals surface area contributed by atoms with Crippen LogP contribution in [0, 0.1) is 6.92 Å². The molecule has 0 spiro atoms. The van der Waals surface area contributed by atoms with Gasteiger partial charge in [-0.2, -0.15) is 5.10 Å². The number of hydrogen-bond acceptors (Lipinski definition) is 6. The van der Waals surface area contributed by atoms with E-state index in [2.05, 4.69) is 25.7 Å². The number of benzene rings is 2. The Morgan fingerprint density at radius 3 is 2.67 bits per heavy atom. The van der Waals surface area contributed by atoms with Gasteiger partial charge in [0.15, 0.2) is 0 Å². The summed E-state index contributed by atoms with van der Waals surface area (Å²) in [5.74, 6) is 0.367. The molecule has 0 bridgehead atoms. The lowest BCUT2D eigenvalue weighted by Crippen LogP contribution is -2.47. The topological polar surface area (TPSA) is 131 Å². The number of ether oxygens (including phenoxy) is 1. The summed E-state index contributed by atoms with van der Waals surface area (Å²) in [6.07, 6.45) is 6.46. The molecular weight excluding hydrogens is 508 g/mol. The van der Waals surface area contributed by atoms with Gasteiger partial charge in [-0.1, -0.05) is 31.0 Å². The Morgan fingerprint density at radius 2 is 1.93 bits per heavy atom. The third kappa shape index (κ3) is 7.34. The number of hydrogen-bond donors (Lipinski definition) is 3. The molecule has 10 nitrogen and oxygen atoms in total. The van der Waals surface area contributed by atoms with Gasteiger partial charge >= 0.3 is 0 Å². The molecule has 4 aromatic rings. The summed E-state index contributed by atoms with van der Waals surface area (Å²) in [4.78, 5) is 45.2. The van der Waals surface area contributed by atoms with E-state index in [-0.39, 0.29) is 30.6 Å². The fourth-order valence-corrected chi connectivity index (χ4v) is 4.81. The van der Waals surface area contributed by atoms with Crippen LogP contribution in [-0.4, -0.2) is 50.5 Å². The Kier molecular flexibility index (Phi) is 9.66.